The monoisotopic (exact) mass is 297 g/mol. The Balaban J connectivity index is 3.05. The van der Waals surface area contributed by atoms with E-state index in [1.807, 2.05) is 12.1 Å². The molecule has 1 rings (SSSR count). The number of anilines is 1. The Morgan fingerprint density at radius 3 is 2.20 bits per heavy atom. The number of hydrogen-bond donors (Lipinski definition) is 2. The van der Waals surface area contributed by atoms with Gasteiger partial charge in [0.15, 0.2) is 5.84 Å². The summed E-state index contributed by atoms with van der Waals surface area (Å²) in [5.74, 6) is 1.16. The maximum atomic E-state index is 8.72. The summed E-state index contributed by atoms with van der Waals surface area (Å²) < 4.78 is 0. The van der Waals surface area contributed by atoms with Crippen LogP contribution in [0.3, 0.4) is 0 Å². The molecule has 0 bridgehead atoms. The molecule has 0 saturated carbocycles. The molecule has 0 spiro atoms. The molecule has 112 valence electrons. The fourth-order valence-electron chi connectivity index (χ4n) is 2.13. The zero-order valence-electron chi connectivity index (χ0n) is 12.6. The molecule has 0 atom stereocenters. The van der Waals surface area contributed by atoms with Crippen molar-refractivity contribution in [2.45, 2.75) is 27.7 Å². The first kappa shape index (κ1) is 16.6. The summed E-state index contributed by atoms with van der Waals surface area (Å²) in [4.78, 5) is 2.32. The molecule has 0 unspecified atom stereocenters. The van der Waals surface area contributed by atoms with E-state index in [4.69, 9.17) is 22.5 Å². The molecule has 0 aliphatic rings. The van der Waals surface area contributed by atoms with Crippen LogP contribution in [0.15, 0.2) is 23.4 Å². The Bertz CT molecular complexity index is 462. The van der Waals surface area contributed by atoms with Gasteiger partial charge in [-0.05, 0) is 30.0 Å². The van der Waals surface area contributed by atoms with E-state index >= 15 is 0 Å². The van der Waals surface area contributed by atoms with Gasteiger partial charge >= 0.3 is 0 Å². The van der Waals surface area contributed by atoms with Gasteiger partial charge in [-0.3, -0.25) is 0 Å². The van der Waals surface area contributed by atoms with Crippen LogP contribution in [0.25, 0.3) is 0 Å². The van der Waals surface area contributed by atoms with Crippen LogP contribution in [0.1, 0.15) is 33.3 Å². The van der Waals surface area contributed by atoms with Crippen molar-refractivity contribution in [3.8, 4) is 0 Å². The van der Waals surface area contributed by atoms with Gasteiger partial charge in [-0.1, -0.05) is 44.5 Å². The van der Waals surface area contributed by atoms with E-state index in [1.165, 1.54) is 0 Å². The number of halogens is 1. The average Bonchev–Trinajstić information content (AvgIpc) is 2.35. The molecule has 1 aromatic carbocycles. The number of nitrogens with zero attached hydrogens (tertiary/aromatic N) is 2. The highest BCUT2D eigenvalue weighted by atomic mass is 35.5. The smallest absolute Gasteiger partial charge is 0.171 e. The second-order valence-electron chi connectivity index (χ2n) is 5.84. The molecule has 4 nitrogen and oxygen atoms in total. The lowest BCUT2D eigenvalue weighted by molar-refractivity contribution is 0.318. The van der Waals surface area contributed by atoms with E-state index < -0.39 is 0 Å². The van der Waals surface area contributed by atoms with E-state index in [9.17, 15) is 0 Å². The molecule has 0 radical (unpaired) electrons. The number of amidine groups is 1. The minimum atomic E-state index is 0.0285. The van der Waals surface area contributed by atoms with Gasteiger partial charge < -0.3 is 15.8 Å². The minimum Gasteiger partial charge on any atom is -0.409 e. The Labute approximate surface area is 126 Å². The van der Waals surface area contributed by atoms with E-state index in [0.717, 1.165) is 18.8 Å². The van der Waals surface area contributed by atoms with Gasteiger partial charge in [0, 0.05) is 24.3 Å². The largest absolute Gasteiger partial charge is 0.409 e. The maximum Gasteiger partial charge on any atom is 0.171 e. The first-order valence-electron chi connectivity index (χ1n) is 6.87. The van der Waals surface area contributed by atoms with Crippen LogP contribution in [-0.2, 0) is 0 Å². The third-order valence-electron chi connectivity index (χ3n) is 2.87. The maximum absolute atomic E-state index is 8.72. The number of benzene rings is 1. The Morgan fingerprint density at radius 1 is 1.25 bits per heavy atom. The van der Waals surface area contributed by atoms with Crippen LogP contribution in [0.2, 0.25) is 5.02 Å². The van der Waals surface area contributed by atoms with E-state index in [-0.39, 0.29) is 5.84 Å². The van der Waals surface area contributed by atoms with Crippen LogP contribution in [0, 0.1) is 11.8 Å². The summed E-state index contributed by atoms with van der Waals surface area (Å²) in [5.41, 5.74) is 7.19. The predicted octanol–water partition coefficient (Wildman–Crippen LogP) is 3.55. The summed E-state index contributed by atoms with van der Waals surface area (Å²) >= 11 is 6.22. The Kier molecular flexibility index (Phi) is 6.14. The normalized spacial score (nSPS) is 12.2. The van der Waals surface area contributed by atoms with Crippen molar-refractivity contribution in [3.05, 3.63) is 28.8 Å². The van der Waals surface area contributed by atoms with Crippen molar-refractivity contribution in [3.63, 3.8) is 0 Å². The fourth-order valence-corrected chi connectivity index (χ4v) is 2.40. The van der Waals surface area contributed by atoms with Crippen molar-refractivity contribution in [1.82, 2.24) is 0 Å². The summed E-state index contributed by atoms with van der Waals surface area (Å²) in [7, 11) is 0. The fraction of sp³-hybridized carbons (Fsp3) is 0.533. The first-order chi connectivity index (χ1) is 9.35. The predicted molar refractivity (Wildman–Crippen MR) is 85.9 cm³/mol. The van der Waals surface area contributed by atoms with Crippen LogP contribution in [0.4, 0.5) is 5.69 Å². The van der Waals surface area contributed by atoms with Crippen LogP contribution in [-0.4, -0.2) is 24.1 Å². The number of rotatable bonds is 6. The molecular weight excluding hydrogens is 274 g/mol. The summed E-state index contributed by atoms with van der Waals surface area (Å²) in [6.07, 6.45) is 0. The van der Waals surface area contributed by atoms with Crippen LogP contribution < -0.4 is 10.6 Å². The second-order valence-corrected chi connectivity index (χ2v) is 6.25. The molecule has 0 aromatic heterocycles. The standard InChI is InChI=1S/C15H24ClN3O/c1-10(2)8-19(9-11(3)4)12-5-6-13(14(16)7-12)15(17)18-20/h5-7,10-11,20H,8-9H2,1-4H3,(H2,17,18). The lowest BCUT2D eigenvalue weighted by atomic mass is 10.1. The molecule has 3 N–H and O–H groups in total. The van der Waals surface area contributed by atoms with Gasteiger partial charge in [-0.15, -0.1) is 0 Å². The highest BCUT2D eigenvalue weighted by molar-refractivity contribution is 6.34. The SMILES string of the molecule is CC(C)CN(CC(C)C)c1ccc(C(N)=NO)c(Cl)c1. The molecule has 0 saturated heterocycles. The molecule has 5 heteroatoms. The molecule has 0 amide bonds. The van der Waals surface area contributed by atoms with E-state index in [2.05, 4.69) is 37.8 Å². The van der Waals surface area contributed by atoms with E-state index in [1.54, 1.807) is 6.07 Å². The van der Waals surface area contributed by atoms with Crippen molar-refractivity contribution < 1.29 is 5.21 Å². The number of hydrogen-bond acceptors (Lipinski definition) is 3. The third-order valence-corrected chi connectivity index (χ3v) is 3.19. The number of oxime groups is 1. The van der Waals surface area contributed by atoms with Gasteiger partial charge in [-0.25, -0.2) is 0 Å². The average molecular weight is 298 g/mol. The minimum absolute atomic E-state index is 0.0285. The molecule has 0 heterocycles. The molecule has 1 aromatic rings. The van der Waals surface area contributed by atoms with Gasteiger partial charge in [0.05, 0.1) is 5.02 Å². The quantitative estimate of drug-likeness (QED) is 0.365. The Hall–Kier alpha value is -1.42. The summed E-state index contributed by atoms with van der Waals surface area (Å²) in [5, 5.41) is 12.2. The first-order valence-corrected chi connectivity index (χ1v) is 7.25. The molecule has 0 aliphatic carbocycles. The highest BCUT2D eigenvalue weighted by Gasteiger charge is 2.13. The summed E-state index contributed by atoms with van der Waals surface area (Å²) in [6, 6.07) is 5.63. The highest BCUT2D eigenvalue weighted by Crippen LogP contribution is 2.25. The van der Waals surface area contributed by atoms with Crippen LogP contribution in [0.5, 0.6) is 0 Å². The van der Waals surface area contributed by atoms with Gasteiger partial charge in [-0.2, -0.15) is 0 Å². The van der Waals surface area contributed by atoms with Crippen LogP contribution >= 0.6 is 11.6 Å². The Morgan fingerprint density at radius 2 is 1.80 bits per heavy atom. The zero-order valence-corrected chi connectivity index (χ0v) is 13.4. The van der Waals surface area contributed by atoms with E-state index in [0.29, 0.717) is 22.4 Å². The van der Waals surface area contributed by atoms with Crippen molar-refractivity contribution in [1.29, 1.82) is 0 Å². The zero-order chi connectivity index (χ0) is 15.3. The third kappa shape index (κ3) is 4.60. The van der Waals surface area contributed by atoms with Gasteiger partial charge in [0.1, 0.15) is 0 Å². The van der Waals surface area contributed by atoms with Crippen molar-refractivity contribution >= 4 is 23.1 Å². The lowest BCUT2D eigenvalue weighted by Gasteiger charge is -2.29. The molecule has 0 fully saturated rings. The van der Waals surface area contributed by atoms with Gasteiger partial charge in [0.25, 0.3) is 0 Å². The summed E-state index contributed by atoms with van der Waals surface area (Å²) in [6.45, 7) is 10.7. The number of nitrogens with two attached hydrogens (primary N) is 1. The lowest BCUT2D eigenvalue weighted by Crippen LogP contribution is -2.31. The van der Waals surface area contributed by atoms with Gasteiger partial charge in [0.2, 0.25) is 0 Å². The topological polar surface area (TPSA) is 61.8 Å². The van der Waals surface area contributed by atoms with Crippen molar-refractivity contribution in [2.24, 2.45) is 22.7 Å². The molecular formula is C15H24ClN3O. The molecule has 20 heavy (non-hydrogen) atoms. The second kappa shape index (κ2) is 7.39. The molecule has 0 aliphatic heterocycles. The van der Waals surface area contributed by atoms with Crippen molar-refractivity contribution in [2.75, 3.05) is 18.0 Å².